The molecule has 9 heteroatoms. The van der Waals surface area contributed by atoms with Crippen LogP contribution in [0.15, 0.2) is 30.4 Å². The Hall–Kier alpha value is -3.26. The minimum absolute atomic E-state index is 0.0517. The van der Waals surface area contributed by atoms with Crippen molar-refractivity contribution >= 4 is 23.6 Å². The molecule has 0 unspecified atom stereocenters. The largest absolute Gasteiger partial charge is 0.490 e. The van der Waals surface area contributed by atoms with Gasteiger partial charge in [0, 0.05) is 45.5 Å². The van der Waals surface area contributed by atoms with Crippen molar-refractivity contribution in [1.29, 1.82) is 0 Å². The van der Waals surface area contributed by atoms with Gasteiger partial charge < -0.3 is 24.8 Å². The van der Waals surface area contributed by atoms with E-state index in [1.807, 2.05) is 33.8 Å². The molecule has 8 nitrogen and oxygen atoms in total. The average Bonchev–Trinajstić information content (AvgIpc) is 2.87. The summed E-state index contributed by atoms with van der Waals surface area (Å²) < 4.78 is 12.0. The van der Waals surface area contributed by atoms with Crippen molar-refractivity contribution in [1.82, 2.24) is 15.2 Å². The summed E-state index contributed by atoms with van der Waals surface area (Å²) in [6.45, 7) is 7.99. The zero-order valence-corrected chi connectivity index (χ0v) is 24.8. The zero-order chi connectivity index (χ0) is 29.0. The van der Waals surface area contributed by atoms with Crippen LogP contribution in [0.1, 0.15) is 85.6 Å². The number of carbonyl (C=O) groups is 2. The molecular formula is C31H40ClN3O5. The van der Waals surface area contributed by atoms with Crippen LogP contribution in [0.3, 0.4) is 0 Å². The van der Waals surface area contributed by atoms with E-state index in [4.69, 9.17) is 21.1 Å². The second-order valence-electron chi connectivity index (χ2n) is 11.6. The van der Waals surface area contributed by atoms with Crippen LogP contribution < -0.4 is 14.8 Å². The van der Waals surface area contributed by atoms with Crippen molar-refractivity contribution in [3.63, 3.8) is 0 Å². The predicted molar refractivity (Wildman–Crippen MR) is 156 cm³/mol. The topological polar surface area (TPSA) is 101 Å². The maximum Gasteiger partial charge on any atom is 0.407 e. The van der Waals surface area contributed by atoms with Crippen molar-refractivity contribution in [2.75, 3.05) is 7.11 Å². The fraction of sp³-hybridized carbons (Fsp3) is 0.516. The maximum atomic E-state index is 13.5. The van der Waals surface area contributed by atoms with E-state index in [0.29, 0.717) is 41.5 Å². The monoisotopic (exact) mass is 569 g/mol. The summed E-state index contributed by atoms with van der Waals surface area (Å²) in [5.74, 6) is 0.884. The van der Waals surface area contributed by atoms with Gasteiger partial charge in [-0.3, -0.25) is 4.79 Å². The van der Waals surface area contributed by atoms with Gasteiger partial charge in [-0.15, -0.1) is 0 Å². The maximum absolute atomic E-state index is 13.5. The number of aryl methyl sites for hydroxylation is 2. The number of carbonyl (C=O) groups excluding carboxylic acids is 1. The number of hydrogen-bond donors (Lipinski definition) is 2. The van der Waals surface area contributed by atoms with Crippen LogP contribution in [0.25, 0.3) is 0 Å². The van der Waals surface area contributed by atoms with Crippen molar-refractivity contribution in [3.8, 4) is 11.6 Å². The van der Waals surface area contributed by atoms with E-state index in [-0.39, 0.29) is 24.6 Å². The normalized spacial score (nSPS) is 19.8. The number of ether oxygens (including phenoxy) is 2. The van der Waals surface area contributed by atoms with Gasteiger partial charge in [0.15, 0.2) is 0 Å². The summed E-state index contributed by atoms with van der Waals surface area (Å²) in [5.41, 5.74) is 3.65. The predicted octanol–water partition coefficient (Wildman–Crippen LogP) is 6.50. The van der Waals surface area contributed by atoms with Gasteiger partial charge in [0.25, 0.3) is 5.91 Å². The molecule has 0 bridgehead atoms. The lowest BCUT2D eigenvalue weighted by Gasteiger charge is -2.42. The lowest BCUT2D eigenvalue weighted by Crippen LogP contribution is -2.52. The van der Waals surface area contributed by atoms with Gasteiger partial charge in [-0.25, -0.2) is 9.78 Å². The molecule has 2 heterocycles. The van der Waals surface area contributed by atoms with Crippen molar-refractivity contribution in [2.24, 2.45) is 0 Å². The molecule has 4 rings (SSSR count). The number of methoxy groups -OCH3 is 1. The highest BCUT2D eigenvalue weighted by atomic mass is 35.5. The summed E-state index contributed by atoms with van der Waals surface area (Å²) in [5, 5.41) is 13.3. The van der Waals surface area contributed by atoms with Gasteiger partial charge in [-0.1, -0.05) is 23.8 Å². The molecule has 0 saturated heterocycles. The third-order valence-electron chi connectivity index (χ3n) is 7.64. The van der Waals surface area contributed by atoms with Gasteiger partial charge in [0.1, 0.15) is 5.75 Å². The Bertz CT molecular complexity index is 1280. The molecule has 2 N–H and O–H groups in total. The molecule has 1 saturated carbocycles. The number of amides is 2. The molecule has 2 aromatic rings. The van der Waals surface area contributed by atoms with Crippen LogP contribution in [0, 0.1) is 6.92 Å². The standard InChI is InChI=1S/C31H40ClN3O5/c1-19-15-20-9-7-6-8-10-24-25(28(36)33-18-26(20)29(34-19)39-5)16-21(32)17-27(24)40-23-13-11-22(12-14-23)35(30(37)38)31(2,3)4/h6,8,15-17,22-23H,7,9-14,18H2,1-5H3,(H,33,36)(H,37,38)/t22-,23-. The highest BCUT2D eigenvalue weighted by molar-refractivity contribution is 6.31. The lowest BCUT2D eigenvalue weighted by atomic mass is 9.89. The van der Waals surface area contributed by atoms with Crippen LogP contribution in [0.2, 0.25) is 5.02 Å². The highest BCUT2D eigenvalue weighted by Crippen LogP contribution is 2.35. The number of fused-ring (bicyclic) bond motifs is 2. The number of aromatic nitrogens is 1. The van der Waals surface area contributed by atoms with Gasteiger partial charge in [0.05, 0.1) is 13.2 Å². The van der Waals surface area contributed by atoms with Crippen molar-refractivity contribution in [3.05, 3.63) is 63.3 Å². The van der Waals surface area contributed by atoms with E-state index in [2.05, 4.69) is 22.5 Å². The minimum Gasteiger partial charge on any atom is -0.490 e. The number of allylic oxidation sites excluding steroid dienone is 2. The van der Waals surface area contributed by atoms with E-state index in [9.17, 15) is 14.7 Å². The Labute approximate surface area is 241 Å². The molecule has 40 heavy (non-hydrogen) atoms. The Morgan fingerprint density at radius 1 is 1.12 bits per heavy atom. The van der Waals surface area contributed by atoms with E-state index in [1.165, 1.54) is 0 Å². The first-order valence-corrected chi connectivity index (χ1v) is 14.3. The number of pyridine rings is 1. The molecule has 1 aromatic heterocycles. The highest BCUT2D eigenvalue weighted by Gasteiger charge is 2.36. The Morgan fingerprint density at radius 2 is 1.85 bits per heavy atom. The summed E-state index contributed by atoms with van der Waals surface area (Å²) in [7, 11) is 1.59. The SMILES string of the molecule is COc1nc(C)cc2c1CNC(=O)c1cc(Cl)cc(O[C@H]3CC[C@H](N(C(=O)O)C(C)(C)C)CC3)c1CC=CCC2. The van der Waals surface area contributed by atoms with Crippen LogP contribution in [0.5, 0.6) is 11.6 Å². The number of carboxylic acid groups (broad SMARTS) is 1. The summed E-state index contributed by atoms with van der Waals surface area (Å²) >= 11 is 6.51. The molecule has 0 atom stereocenters. The number of halogens is 1. The van der Waals surface area contributed by atoms with Gasteiger partial charge >= 0.3 is 6.09 Å². The van der Waals surface area contributed by atoms with Crippen molar-refractivity contribution in [2.45, 2.75) is 96.9 Å². The van der Waals surface area contributed by atoms with E-state index >= 15 is 0 Å². The number of benzene rings is 1. The lowest BCUT2D eigenvalue weighted by molar-refractivity contribution is 0.0366. The van der Waals surface area contributed by atoms with Crippen LogP contribution in [-0.2, 0) is 19.4 Å². The smallest absolute Gasteiger partial charge is 0.407 e. The zero-order valence-electron chi connectivity index (χ0n) is 24.1. The quantitative estimate of drug-likeness (QED) is 0.408. The molecule has 2 amide bonds. The molecular weight excluding hydrogens is 530 g/mol. The molecule has 0 radical (unpaired) electrons. The fourth-order valence-corrected chi connectivity index (χ4v) is 6.07. The molecule has 0 spiro atoms. The fourth-order valence-electron chi connectivity index (χ4n) is 5.86. The van der Waals surface area contributed by atoms with Gasteiger partial charge in [-0.05, 0) is 96.4 Å². The second kappa shape index (κ2) is 12.5. The van der Waals surface area contributed by atoms with Crippen LogP contribution in [0.4, 0.5) is 4.79 Å². The number of nitrogens with one attached hydrogen (secondary N) is 1. The van der Waals surface area contributed by atoms with Gasteiger partial charge in [-0.2, -0.15) is 0 Å². The molecule has 1 fully saturated rings. The van der Waals surface area contributed by atoms with E-state index in [0.717, 1.165) is 48.1 Å². The van der Waals surface area contributed by atoms with Crippen molar-refractivity contribution < 1.29 is 24.2 Å². The van der Waals surface area contributed by atoms with E-state index < -0.39 is 11.6 Å². The summed E-state index contributed by atoms with van der Waals surface area (Å²) in [4.78, 5) is 31.5. The Morgan fingerprint density at radius 3 is 2.50 bits per heavy atom. The summed E-state index contributed by atoms with van der Waals surface area (Å²) in [6.07, 6.45) is 8.27. The first kappa shape index (κ1) is 29.7. The summed E-state index contributed by atoms with van der Waals surface area (Å²) in [6, 6.07) is 5.47. The van der Waals surface area contributed by atoms with Crippen LogP contribution >= 0.6 is 11.6 Å². The van der Waals surface area contributed by atoms with E-state index in [1.54, 1.807) is 24.1 Å². The third-order valence-corrected chi connectivity index (χ3v) is 7.86. The number of hydrogen-bond acceptors (Lipinski definition) is 5. The minimum atomic E-state index is -0.893. The number of rotatable bonds is 4. The molecule has 1 aliphatic carbocycles. The molecule has 216 valence electrons. The van der Waals surface area contributed by atoms with Gasteiger partial charge in [0.2, 0.25) is 5.88 Å². The third kappa shape index (κ3) is 6.89. The first-order valence-electron chi connectivity index (χ1n) is 14.0. The molecule has 1 aliphatic heterocycles. The Balaban J connectivity index is 1.57. The Kier molecular flexibility index (Phi) is 9.29. The average molecular weight is 570 g/mol. The second-order valence-corrected chi connectivity index (χ2v) is 12.0. The molecule has 2 aliphatic rings. The number of nitrogens with zero attached hydrogens (tertiary/aromatic N) is 2. The first-order chi connectivity index (χ1) is 19.0. The molecule has 1 aromatic carbocycles. The van der Waals surface area contributed by atoms with Crippen LogP contribution in [-0.4, -0.2) is 51.8 Å².